The van der Waals surface area contributed by atoms with Gasteiger partial charge in [-0.05, 0) is 35.9 Å². The van der Waals surface area contributed by atoms with Crippen LogP contribution in [0.4, 0.5) is 26.7 Å². The Morgan fingerprint density at radius 2 is 1.73 bits per heavy atom. The van der Waals surface area contributed by atoms with Gasteiger partial charge in [-0.1, -0.05) is 12.1 Å². The van der Waals surface area contributed by atoms with E-state index in [0.29, 0.717) is 12.1 Å². The van der Waals surface area contributed by atoms with Gasteiger partial charge < -0.3 is 16.4 Å². The predicted octanol–water partition coefficient (Wildman–Crippen LogP) is 3.43. The van der Waals surface area contributed by atoms with Gasteiger partial charge in [0.1, 0.15) is 23.4 Å². The van der Waals surface area contributed by atoms with Gasteiger partial charge in [-0.2, -0.15) is 18.3 Å². The number of hydrogen-bond acceptors (Lipinski definition) is 3. The first kappa shape index (κ1) is 22.2. The molecule has 7 nitrogen and oxygen atoms in total. The van der Waals surface area contributed by atoms with E-state index >= 15 is 0 Å². The summed E-state index contributed by atoms with van der Waals surface area (Å²) < 4.78 is 69.3. The van der Waals surface area contributed by atoms with Crippen molar-refractivity contribution in [2.45, 2.75) is 18.8 Å². The fourth-order valence-electron chi connectivity index (χ4n) is 3.99. The van der Waals surface area contributed by atoms with Crippen molar-refractivity contribution in [2.75, 3.05) is 6.54 Å². The number of nitrogens with zero attached hydrogens (tertiary/aromatic N) is 3. The first-order valence-corrected chi connectivity index (χ1v) is 9.57. The molecular weight excluding hydrogens is 449 g/mol. The van der Waals surface area contributed by atoms with Crippen LogP contribution in [0, 0.1) is 11.6 Å². The van der Waals surface area contributed by atoms with Crippen molar-refractivity contribution in [2.24, 2.45) is 11.5 Å². The number of urea groups is 1. The smallest absolute Gasteiger partial charge is 0.365 e. The summed E-state index contributed by atoms with van der Waals surface area (Å²) in [5.41, 5.74) is 9.33. The number of aromatic nitrogens is 2. The molecule has 0 bridgehead atoms. The van der Waals surface area contributed by atoms with E-state index in [4.69, 9.17) is 11.5 Å². The average Bonchev–Trinajstić information content (AvgIpc) is 3.11. The molecule has 12 heteroatoms. The van der Waals surface area contributed by atoms with Crippen molar-refractivity contribution in [1.29, 1.82) is 0 Å². The maximum Gasteiger partial charge on any atom is 0.416 e. The van der Waals surface area contributed by atoms with Crippen LogP contribution in [0.3, 0.4) is 0 Å². The molecule has 0 saturated heterocycles. The molecule has 0 saturated carbocycles. The lowest BCUT2D eigenvalue weighted by Gasteiger charge is -2.36. The lowest BCUT2D eigenvalue weighted by molar-refractivity contribution is -0.137. The quantitative estimate of drug-likeness (QED) is 0.579. The van der Waals surface area contributed by atoms with Crippen LogP contribution in [0.15, 0.2) is 42.5 Å². The fourth-order valence-corrected chi connectivity index (χ4v) is 3.99. The minimum absolute atomic E-state index is 0.0197. The summed E-state index contributed by atoms with van der Waals surface area (Å²) in [6.45, 7) is -0.0703. The summed E-state index contributed by atoms with van der Waals surface area (Å²) in [4.78, 5) is 25.6. The van der Waals surface area contributed by atoms with E-state index in [9.17, 15) is 31.5 Å². The summed E-state index contributed by atoms with van der Waals surface area (Å²) in [5.74, 6) is -2.84. The highest BCUT2D eigenvalue weighted by atomic mass is 19.4. The number of amides is 3. The molecule has 1 unspecified atom stereocenters. The standard InChI is InChI=1S/C21H16F5N5O2/c22-13-3-1-2-10(7-13)16-15(19(27)32)18-17(30(20(28)33)4-5-31(18)29-16)11-6-12(21(24,25)26)9-14(23)8-11/h1-3,6-9,17H,4-5H2,(H2,27,32)(H2,28,33). The van der Waals surface area contributed by atoms with Gasteiger partial charge in [0.2, 0.25) is 0 Å². The van der Waals surface area contributed by atoms with Crippen molar-refractivity contribution < 1.29 is 31.5 Å². The zero-order chi connectivity index (χ0) is 24.1. The number of benzene rings is 2. The summed E-state index contributed by atoms with van der Waals surface area (Å²) in [5, 5.41) is 4.30. The van der Waals surface area contributed by atoms with Crippen molar-refractivity contribution in [3.8, 4) is 11.3 Å². The molecule has 3 aromatic rings. The van der Waals surface area contributed by atoms with Crippen molar-refractivity contribution >= 4 is 11.9 Å². The third-order valence-corrected chi connectivity index (χ3v) is 5.31. The second-order valence-electron chi connectivity index (χ2n) is 7.41. The van der Waals surface area contributed by atoms with Crippen molar-refractivity contribution in [3.63, 3.8) is 0 Å². The van der Waals surface area contributed by atoms with Crippen LogP contribution in [0.2, 0.25) is 0 Å². The second kappa shape index (κ2) is 7.87. The first-order chi connectivity index (χ1) is 15.5. The molecule has 1 aliphatic heterocycles. The van der Waals surface area contributed by atoms with E-state index in [1.165, 1.54) is 22.9 Å². The third kappa shape index (κ3) is 3.99. The Morgan fingerprint density at radius 1 is 1.00 bits per heavy atom. The van der Waals surface area contributed by atoms with Crippen LogP contribution in [-0.2, 0) is 12.7 Å². The van der Waals surface area contributed by atoms with Gasteiger partial charge >= 0.3 is 12.2 Å². The minimum Gasteiger partial charge on any atom is -0.365 e. The van der Waals surface area contributed by atoms with E-state index in [0.717, 1.165) is 17.0 Å². The summed E-state index contributed by atoms with van der Waals surface area (Å²) in [7, 11) is 0. The number of nitrogens with two attached hydrogens (primary N) is 2. The van der Waals surface area contributed by atoms with Gasteiger partial charge in [0.05, 0.1) is 23.4 Å². The lowest BCUT2D eigenvalue weighted by atomic mass is 9.93. The Hall–Kier alpha value is -3.96. The lowest BCUT2D eigenvalue weighted by Crippen LogP contribution is -2.46. The molecule has 1 aromatic heterocycles. The van der Waals surface area contributed by atoms with E-state index in [-0.39, 0.29) is 41.2 Å². The molecule has 172 valence electrons. The van der Waals surface area contributed by atoms with Crippen LogP contribution in [0.1, 0.15) is 33.2 Å². The number of rotatable bonds is 3. The Labute approximate surface area is 183 Å². The van der Waals surface area contributed by atoms with Crippen LogP contribution in [0.25, 0.3) is 11.3 Å². The van der Waals surface area contributed by atoms with E-state index in [2.05, 4.69) is 5.10 Å². The van der Waals surface area contributed by atoms with Crippen LogP contribution in [-0.4, -0.2) is 33.2 Å². The Balaban J connectivity index is 2.01. The predicted molar refractivity (Wildman–Crippen MR) is 106 cm³/mol. The van der Waals surface area contributed by atoms with Crippen LogP contribution >= 0.6 is 0 Å². The average molecular weight is 465 g/mol. The van der Waals surface area contributed by atoms with E-state index in [1.54, 1.807) is 0 Å². The molecule has 0 aliphatic carbocycles. The maximum absolute atomic E-state index is 14.2. The first-order valence-electron chi connectivity index (χ1n) is 9.57. The fraction of sp³-hybridized carbons (Fsp3) is 0.190. The highest BCUT2D eigenvalue weighted by Crippen LogP contribution is 2.40. The summed E-state index contributed by atoms with van der Waals surface area (Å²) in [6, 6.07) is 4.50. The number of carbonyl (C=O) groups is 2. The van der Waals surface area contributed by atoms with Crippen LogP contribution in [0.5, 0.6) is 0 Å². The normalized spacial score (nSPS) is 15.9. The number of halogens is 5. The largest absolute Gasteiger partial charge is 0.416 e. The van der Waals surface area contributed by atoms with Gasteiger partial charge in [-0.15, -0.1) is 0 Å². The Kier molecular flexibility index (Phi) is 5.30. The van der Waals surface area contributed by atoms with E-state index in [1.807, 2.05) is 0 Å². The monoisotopic (exact) mass is 465 g/mol. The molecule has 2 aromatic carbocycles. The SMILES string of the molecule is NC(=O)c1c(-c2cccc(F)c2)nn2c1C(c1cc(F)cc(C(F)(F)F)c1)N(C(N)=O)CC2. The molecular formula is C21H16F5N5O2. The Morgan fingerprint density at radius 3 is 2.33 bits per heavy atom. The van der Waals surface area contributed by atoms with Crippen LogP contribution < -0.4 is 11.5 Å². The number of hydrogen-bond donors (Lipinski definition) is 2. The van der Waals surface area contributed by atoms with Gasteiger partial charge in [-0.25, -0.2) is 13.6 Å². The highest BCUT2D eigenvalue weighted by Gasteiger charge is 2.40. The summed E-state index contributed by atoms with van der Waals surface area (Å²) >= 11 is 0. The number of fused-ring (bicyclic) bond motifs is 1. The van der Waals surface area contributed by atoms with Crippen molar-refractivity contribution in [1.82, 2.24) is 14.7 Å². The number of carbonyl (C=O) groups excluding carboxylic acids is 2. The van der Waals surface area contributed by atoms with Crippen molar-refractivity contribution in [3.05, 3.63) is 76.5 Å². The highest BCUT2D eigenvalue weighted by molar-refractivity contribution is 6.00. The maximum atomic E-state index is 14.2. The Bertz CT molecular complexity index is 1270. The molecule has 0 spiro atoms. The zero-order valence-electron chi connectivity index (χ0n) is 16.7. The van der Waals surface area contributed by atoms with Gasteiger partial charge in [0.15, 0.2) is 0 Å². The molecule has 4 rings (SSSR count). The third-order valence-electron chi connectivity index (χ3n) is 5.31. The zero-order valence-corrected chi connectivity index (χ0v) is 16.7. The molecule has 33 heavy (non-hydrogen) atoms. The molecule has 3 amide bonds. The molecule has 4 N–H and O–H groups in total. The molecule has 0 fully saturated rings. The van der Waals surface area contributed by atoms with Gasteiger partial charge in [-0.3, -0.25) is 9.48 Å². The summed E-state index contributed by atoms with van der Waals surface area (Å²) in [6.07, 6.45) is -4.87. The topological polar surface area (TPSA) is 107 Å². The number of primary amides is 2. The van der Waals surface area contributed by atoms with Gasteiger partial charge in [0.25, 0.3) is 5.91 Å². The second-order valence-corrected chi connectivity index (χ2v) is 7.41. The minimum atomic E-state index is -4.87. The molecule has 2 heterocycles. The number of alkyl halides is 3. The molecule has 1 aliphatic rings. The van der Waals surface area contributed by atoms with E-state index < -0.39 is 41.4 Å². The van der Waals surface area contributed by atoms with Gasteiger partial charge in [0, 0.05) is 12.1 Å². The molecule has 1 atom stereocenters. The molecule has 0 radical (unpaired) electrons.